The first-order chi connectivity index (χ1) is 15.4. The van der Waals surface area contributed by atoms with E-state index in [1.165, 1.54) is 24.7 Å². The van der Waals surface area contributed by atoms with Crippen LogP contribution in [0.5, 0.6) is 11.5 Å². The van der Waals surface area contributed by atoms with Crippen molar-refractivity contribution in [3.63, 3.8) is 0 Å². The summed E-state index contributed by atoms with van der Waals surface area (Å²) in [5, 5.41) is -0.282. The number of ether oxygens (including phenoxy) is 3. The number of amides is 2. The second kappa shape index (κ2) is 11.2. The fourth-order valence-corrected chi connectivity index (χ4v) is 4.34. The molecule has 0 N–H and O–H groups in total. The molecule has 32 heavy (non-hydrogen) atoms. The number of hydrogen-bond acceptors (Lipinski definition) is 7. The highest BCUT2D eigenvalue weighted by atomic mass is 79.9. The van der Waals surface area contributed by atoms with E-state index in [2.05, 4.69) is 20.7 Å². The van der Waals surface area contributed by atoms with Crippen molar-refractivity contribution in [3.8, 4) is 11.5 Å². The minimum absolute atomic E-state index is 0.263. The van der Waals surface area contributed by atoms with E-state index >= 15 is 0 Å². The van der Waals surface area contributed by atoms with Gasteiger partial charge in [0, 0.05) is 11.0 Å². The number of hydrogen-bond donors (Lipinski definition) is 0. The number of methoxy groups -OCH3 is 2. The molecule has 0 aliphatic carbocycles. The normalized spacial score (nSPS) is 14.7. The number of nitrogens with zero attached hydrogens (tertiary/aromatic N) is 1. The Morgan fingerprint density at radius 1 is 1.12 bits per heavy atom. The zero-order valence-corrected chi connectivity index (χ0v) is 20.0. The van der Waals surface area contributed by atoms with Crippen LogP contribution in [0.1, 0.15) is 17.5 Å². The van der Waals surface area contributed by atoms with E-state index in [1.807, 2.05) is 30.3 Å². The molecule has 1 aliphatic rings. The number of carbonyl (C=O) groups is 3. The van der Waals surface area contributed by atoms with E-state index in [0.29, 0.717) is 39.4 Å². The van der Waals surface area contributed by atoms with Gasteiger partial charge in [0.1, 0.15) is 0 Å². The summed E-state index contributed by atoms with van der Waals surface area (Å²) in [6.45, 7) is 0.0994. The minimum atomic E-state index is -0.520. The van der Waals surface area contributed by atoms with Crippen molar-refractivity contribution in [1.29, 1.82) is 0 Å². The Bertz CT molecular complexity index is 1040. The van der Waals surface area contributed by atoms with Gasteiger partial charge in [0.05, 0.1) is 19.1 Å². The highest BCUT2D eigenvalue weighted by Gasteiger charge is 2.34. The average molecular weight is 520 g/mol. The van der Waals surface area contributed by atoms with Crippen LogP contribution < -0.4 is 9.47 Å². The second-order valence-corrected chi connectivity index (χ2v) is 8.66. The molecule has 0 radical (unpaired) electrons. The molecule has 1 heterocycles. The molecule has 2 aromatic rings. The van der Waals surface area contributed by atoms with Crippen molar-refractivity contribution in [3.05, 3.63) is 63.0 Å². The molecule has 2 aromatic carbocycles. The maximum absolute atomic E-state index is 12.8. The SMILES string of the molecule is COC(=O)COc1cc(Br)c(/C=C2/SC(=O)N(CCCc3ccccc3)C2=O)cc1OC. The fourth-order valence-electron chi connectivity index (χ4n) is 3.05. The van der Waals surface area contributed by atoms with Crippen molar-refractivity contribution in [2.75, 3.05) is 27.4 Å². The zero-order chi connectivity index (χ0) is 23.1. The molecule has 0 atom stereocenters. The molecule has 0 unspecified atom stereocenters. The van der Waals surface area contributed by atoms with Crippen molar-refractivity contribution in [2.45, 2.75) is 12.8 Å². The summed E-state index contributed by atoms with van der Waals surface area (Å²) in [5.74, 6) is -0.112. The molecule has 7 nitrogen and oxygen atoms in total. The summed E-state index contributed by atoms with van der Waals surface area (Å²) >= 11 is 4.36. The first kappa shape index (κ1) is 23.9. The number of benzene rings is 2. The molecule has 1 aliphatic heterocycles. The lowest BCUT2D eigenvalue weighted by molar-refractivity contribution is -0.142. The smallest absolute Gasteiger partial charge is 0.343 e. The molecule has 0 saturated carbocycles. The molecule has 1 saturated heterocycles. The van der Waals surface area contributed by atoms with Crippen LogP contribution in [0.15, 0.2) is 51.8 Å². The summed E-state index contributed by atoms with van der Waals surface area (Å²) in [4.78, 5) is 38.1. The van der Waals surface area contributed by atoms with Gasteiger partial charge in [-0.05, 0) is 53.9 Å². The van der Waals surface area contributed by atoms with Crippen LogP contribution in [0.2, 0.25) is 0 Å². The van der Waals surface area contributed by atoms with Gasteiger partial charge >= 0.3 is 5.97 Å². The third-order valence-electron chi connectivity index (χ3n) is 4.71. The van der Waals surface area contributed by atoms with Crippen LogP contribution in [0, 0.1) is 0 Å². The molecule has 9 heteroatoms. The summed E-state index contributed by atoms with van der Waals surface area (Å²) in [6, 6.07) is 13.2. The number of aryl methyl sites for hydroxylation is 1. The summed E-state index contributed by atoms with van der Waals surface area (Å²) in [7, 11) is 2.75. The lowest BCUT2D eigenvalue weighted by Crippen LogP contribution is -2.29. The molecule has 0 aromatic heterocycles. The van der Waals surface area contributed by atoms with Gasteiger partial charge in [-0.2, -0.15) is 0 Å². The summed E-state index contributed by atoms with van der Waals surface area (Å²) in [5.41, 5.74) is 1.81. The fraction of sp³-hybridized carbons (Fsp3) is 0.261. The number of thioether (sulfide) groups is 1. The first-order valence-corrected chi connectivity index (χ1v) is 11.4. The minimum Gasteiger partial charge on any atom is -0.493 e. The molecule has 1 fully saturated rings. The quantitative estimate of drug-likeness (QED) is 0.351. The zero-order valence-electron chi connectivity index (χ0n) is 17.6. The predicted molar refractivity (Wildman–Crippen MR) is 126 cm³/mol. The maximum atomic E-state index is 12.8. The predicted octanol–water partition coefficient (Wildman–Crippen LogP) is 4.68. The highest BCUT2D eigenvalue weighted by molar-refractivity contribution is 9.10. The number of imide groups is 1. The van der Waals surface area contributed by atoms with Gasteiger partial charge in [-0.1, -0.05) is 46.3 Å². The maximum Gasteiger partial charge on any atom is 0.343 e. The molecule has 0 bridgehead atoms. The second-order valence-electron chi connectivity index (χ2n) is 6.81. The molecule has 0 spiro atoms. The van der Waals surface area contributed by atoms with Crippen molar-refractivity contribution >= 4 is 50.9 Å². The Morgan fingerprint density at radius 2 is 1.88 bits per heavy atom. The van der Waals surface area contributed by atoms with Crippen LogP contribution >= 0.6 is 27.7 Å². The van der Waals surface area contributed by atoms with E-state index in [-0.39, 0.29) is 17.8 Å². The number of esters is 1. The van der Waals surface area contributed by atoms with Crippen molar-refractivity contribution in [1.82, 2.24) is 4.90 Å². The number of halogens is 1. The molecular formula is C23H22BrNO6S. The van der Waals surface area contributed by atoms with Gasteiger partial charge in [-0.25, -0.2) is 4.79 Å². The average Bonchev–Trinajstić information content (AvgIpc) is 3.06. The van der Waals surface area contributed by atoms with Gasteiger partial charge in [0.15, 0.2) is 18.1 Å². The van der Waals surface area contributed by atoms with E-state index in [0.717, 1.165) is 18.2 Å². The third kappa shape index (κ3) is 5.92. The molecule has 168 valence electrons. The summed E-state index contributed by atoms with van der Waals surface area (Å²) < 4.78 is 16.0. The van der Waals surface area contributed by atoms with Crippen molar-refractivity contribution in [2.24, 2.45) is 0 Å². The standard InChI is InChI=1S/C23H22BrNO6S/c1-29-18-11-16(17(24)13-19(18)31-14-21(26)30-2)12-20-22(27)25(23(28)32-20)10-6-9-15-7-4-3-5-8-15/h3-5,7-8,11-13H,6,9-10,14H2,1-2H3/b20-12+. The van der Waals surface area contributed by atoms with Crippen LogP contribution in [0.4, 0.5) is 4.79 Å². The van der Waals surface area contributed by atoms with Crippen molar-refractivity contribution < 1.29 is 28.6 Å². The number of rotatable bonds is 9. The Labute approximate surface area is 198 Å². The van der Waals surface area contributed by atoms with Gasteiger partial charge in [0.25, 0.3) is 11.1 Å². The monoisotopic (exact) mass is 519 g/mol. The first-order valence-electron chi connectivity index (χ1n) is 9.79. The van der Waals surface area contributed by atoms with Gasteiger partial charge in [0.2, 0.25) is 0 Å². The molecule has 3 rings (SSSR count). The van der Waals surface area contributed by atoms with E-state index in [1.54, 1.807) is 18.2 Å². The lowest BCUT2D eigenvalue weighted by atomic mass is 10.1. The summed E-state index contributed by atoms with van der Waals surface area (Å²) in [6.07, 6.45) is 3.12. The number of carbonyl (C=O) groups excluding carboxylic acids is 3. The highest BCUT2D eigenvalue weighted by Crippen LogP contribution is 2.38. The largest absolute Gasteiger partial charge is 0.493 e. The van der Waals surface area contributed by atoms with Crippen LogP contribution in [0.3, 0.4) is 0 Å². The van der Waals surface area contributed by atoms with Gasteiger partial charge in [-0.3, -0.25) is 14.5 Å². The molecule has 2 amide bonds. The van der Waals surface area contributed by atoms with Gasteiger partial charge in [-0.15, -0.1) is 0 Å². The van der Waals surface area contributed by atoms with Crippen LogP contribution in [-0.4, -0.2) is 49.4 Å². The third-order valence-corrected chi connectivity index (χ3v) is 6.30. The lowest BCUT2D eigenvalue weighted by Gasteiger charge is -2.13. The molecular weight excluding hydrogens is 498 g/mol. The topological polar surface area (TPSA) is 82.1 Å². The van der Waals surface area contributed by atoms with Crippen LogP contribution in [0.25, 0.3) is 6.08 Å². The Hall–Kier alpha value is -2.78. The van der Waals surface area contributed by atoms with Gasteiger partial charge < -0.3 is 14.2 Å². The van der Waals surface area contributed by atoms with E-state index in [9.17, 15) is 14.4 Å². The Morgan fingerprint density at radius 3 is 2.56 bits per heavy atom. The van der Waals surface area contributed by atoms with E-state index < -0.39 is 5.97 Å². The Balaban J connectivity index is 1.71. The Kier molecular flexibility index (Phi) is 8.35. The van der Waals surface area contributed by atoms with E-state index in [4.69, 9.17) is 9.47 Å². The van der Waals surface area contributed by atoms with Crippen LogP contribution in [-0.2, 0) is 20.7 Å².